The summed E-state index contributed by atoms with van der Waals surface area (Å²) in [6, 6.07) is 19.8. The normalized spacial score (nSPS) is 14.1. The minimum Gasteiger partial charge on any atom is -0.372 e. The van der Waals surface area contributed by atoms with Gasteiger partial charge in [0, 0.05) is 17.3 Å². The molecule has 2 aromatic carbocycles. The van der Waals surface area contributed by atoms with Gasteiger partial charge in [0.15, 0.2) is 0 Å². The molecule has 4 nitrogen and oxygen atoms in total. The summed E-state index contributed by atoms with van der Waals surface area (Å²) in [6.07, 6.45) is -0.354. The predicted molar refractivity (Wildman–Crippen MR) is 124 cm³/mol. The van der Waals surface area contributed by atoms with Gasteiger partial charge in [-0.3, -0.25) is 9.59 Å². The fourth-order valence-electron chi connectivity index (χ4n) is 3.33. The van der Waals surface area contributed by atoms with Gasteiger partial charge in [-0.05, 0) is 25.0 Å². The molecule has 0 spiro atoms. The molecule has 0 unspecified atom stereocenters. The van der Waals surface area contributed by atoms with Crippen LogP contribution in [0.1, 0.15) is 59.1 Å². The summed E-state index contributed by atoms with van der Waals surface area (Å²) in [5.41, 5.74) is 0.658. The number of ketones is 2. The average molecular weight is 425 g/mol. The van der Waals surface area contributed by atoms with Gasteiger partial charge in [0.25, 0.3) is 0 Å². The highest BCUT2D eigenvalue weighted by atomic mass is 16.5. The highest BCUT2D eigenvalue weighted by Crippen LogP contribution is 2.36. The van der Waals surface area contributed by atoms with Crippen LogP contribution in [0.15, 0.2) is 60.7 Å². The maximum atomic E-state index is 12.5. The molecular weight excluding hydrogens is 388 g/mol. The second-order valence-electron chi connectivity index (χ2n) is 9.36. The topological polar surface area (TPSA) is 52.6 Å². The summed E-state index contributed by atoms with van der Waals surface area (Å²) in [5, 5.41) is 0. The Kier molecular flexibility index (Phi) is 8.72. The molecule has 0 amide bonds. The summed E-state index contributed by atoms with van der Waals surface area (Å²) in [7, 11) is 0. The van der Waals surface area contributed by atoms with Crippen molar-refractivity contribution in [1.29, 1.82) is 0 Å². The smallest absolute Gasteiger partial charge is 0.138 e. The molecule has 0 fully saturated rings. The van der Waals surface area contributed by atoms with E-state index in [2.05, 4.69) is 0 Å². The highest BCUT2D eigenvalue weighted by molar-refractivity contribution is 5.83. The van der Waals surface area contributed by atoms with Gasteiger partial charge in [-0.15, -0.1) is 0 Å². The fourth-order valence-corrected chi connectivity index (χ4v) is 3.33. The van der Waals surface area contributed by atoms with E-state index in [1.165, 1.54) is 0 Å². The molecule has 0 aromatic heterocycles. The lowest BCUT2D eigenvalue weighted by atomic mass is 9.74. The van der Waals surface area contributed by atoms with Crippen molar-refractivity contribution >= 4 is 11.6 Å². The first kappa shape index (κ1) is 25.0. The molecule has 0 saturated heterocycles. The monoisotopic (exact) mass is 424 g/mol. The van der Waals surface area contributed by atoms with Gasteiger partial charge in [-0.25, -0.2) is 0 Å². The van der Waals surface area contributed by atoms with E-state index in [1.54, 1.807) is 13.8 Å². The zero-order valence-electron chi connectivity index (χ0n) is 19.7. The van der Waals surface area contributed by atoms with E-state index in [4.69, 9.17) is 9.47 Å². The van der Waals surface area contributed by atoms with Crippen LogP contribution in [-0.2, 0) is 32.3 Å². The van der Waals surface area contributed by atoms with Crippen LogP contribution in [0.5, 0.6) is 0 Å². The van der Waals surface area contributed by atoms with E-state index >= 15 is 0 Å². The van der Waals surface area contributed by atoms with Crippen LogP contribution in [0.25, 0.3) is 0 Å². The first-order valence-corrected chi connectivity index (χ1v) is 10.9. The molecule has 0 N–H and O–H groups in total. The van der Waals surface area contributed by atoms with Crippen LogP contribution in [-0.4, -0.2) is 23.8 Å². The van der Waals surface area contributed by atoms with E-state index in [-0.39, 0.29) is 11.6 Å². The van der Waals surface area contributed by atoms with Crippen LogP contribution < -0.4 is 0 Å². The molecule has 31 heavy (non-hydrogen) atoms. The van der Waals surface area contributed by atoms with E-state index in [9.17, 15) is 9.59 Å². The SMILES string of the molecule is CC(=O)C(C)(C)[C@@H](C[C@@H](OCc1ccccc1)C(C)(C)C(C)=O)OCc1ccccc1. The molecule has 2 atom stereocenters. The maximum Gasteiger partial charge on any atom is 0.138 e. The standard InChI is InChI=1S/C27H36O4/c1-20(28)26(3,4)24(30-18-22-13-9-7-10-14-22)17-25(27(5,6)21(2)29)31-19-23-15-11-8-12-16-23/h7-16,24-25H,17-19H2,1-6H3/t24-,25-/m1/s1. The Balaban J connectivity index is 2.26. The third-order valence-corrected chi connectivity index (χ3v) is 6.44. The van der Waals surface area contributed by atoms with E-state index in [1.807, 2.05) is 88.4 Å². The van der Waals surface area contributed by atoms with E-state index < -0.39 is 23.0 Å². The number of rotatable bonds is 12. The lowest BCUT2D eigenvalue weighted by Crippen LogP contribution is -2.46. The Labute approximate surface area is 187 Å². The van der Waals surface area contributed by atoms with Gasteiger partial charge in [0.05, 0.1) is 25.4 Å². The number of hydrogen-bond donors (Lipinski definition) is 0. The Bertz CT molecular complexity index is 769. The van der Waals surface area contributed by atoms with Crippen molar-refractivity contribution in [3.63, 3.8) is 0 Å². The maximum absolute atomic E-state index is 12.5. The van der Waals surface area contributed by atoms with Gasteiger partial charge in [-0.1, -0.05) is 88.4 Å². The molecule has 4 heteroatoms. The average Bonchev–Trinajstić information content (AvgIpc) is 2.74. The molecule has 0 heterocycles. The van der Waals surface area contributed by atoms with Crippen LogP contribution >= 0.6 is 0 Å². The number of carbonyl (C=O) groups is 2. The fraction of sp³-hybridized carbons (Fsp3) is 0.481. The third-order valence-electron chi connectivity index (χ3n) is 6.44. The van der Waals surface area contributed by atoms with Gasteiger partial charge in [0.2, 0.25) is 0 Å². The van der Waals surface area contributed by atoms with Gasteiger partial charge < -0.3 is 9.47 Å². The molecule has 168 valence electrons. The minimum atomic E-state index is -0.712. The van der Waals surface area contributed by atoms with Crippen molar-refractivity contribution in [3.05, 3.63) is 71.8 Å². The minimum absolute atomic E-state index is 0.0491. The first-order chi connectivity index (χ1) is 14.5. The largest absolute Gasteiger partial charge is 0.372 e. The molecule has 0 saturated carbocycles. The molecule has 0 aliphatic rings. The Morgan fingerprint density at radius 2 is 1.00 bits per heavy atom. The second-order valence-corrected chi connectivity index (χ2v) is 9.36. The molecule has 2 rings (SSSR count). The van der Waals surface area contributed by atoms with Crippen LogP contribution in [0.3, 0.4) is 0 Å². The van der Waals surface area contributed by atoms with Crippen molar-refractivity contribution in [2.24, 2.45) is 10.8 Å². The molecular formula is C27H36O4. The summed E-state index contributed by atoms with van der Waals surface area (Å²) < 4.78 is 12.6. The zero-order valence-corrected chi connectivity index (χ0v) is 19.7. The number of benzene rings is 2. The van der Waals surface area contributed by atoms with Gasteiger partial charge >= 0.3 is 0 Å². The molecule has 2 aromatic rings. The number of carbonyl (C=O) groups excluding carboxylic acids is 2. The quantitative estimate of drug-likeness (QED) is 0.433. The van der Waals surface area contributed by atoms with Crippen LogP contribution in [0, 0.1) is 10.8 Å². The lowest BCUT2D eigenvalue weighted by Gasteiger charge is -2.39. The number of hydrogen-bond acceptors (Lipinski definition) is 4. The predicted octanol–water partition coefficient (Wildman–Crippen LogP) is 5.78. The Hall–Kier alpha value is -2.30. The first-order valence-electron chi connectivity index (χ1n) is 10.9. The van der Waals surface area contributed by atoms with Crippen molar-refractivity contribution in [2.75, 3.05) is 0 Å². The zero-order chi connectivity index (χ0) is 23.1. The van der Waals surface area contributed by atoms with Crippen molar-refractivity contribution in [1.82, 2.24) is 0 Å². The summed E-state index contributed by atoms with van der Waals surface area (Å²) in [4.78, 5) is 24.9. The molecule has 0 aliphatic carbocycles. The highest BCUT2D eigenvalue weighted by Gasteiger charge is 2.42. The van der Waals surface area contributed by atoms with Crippen LogP contribution in [0.4, 0.5) is 0 Å². The van der Waals surface area contributed by atoms with Gasteiger partial charge in [0.1, 0.15) is 11.6 Å². The van der Waals surface area contributed by atoms with E-state index in [0.29, 0.717) is 19.6 Å². The van der Waals surface area contributed by atoms with Gasteiger partial charge in [-0.2, -0.15) is 0 Å². The Morgan fingerprint density at radius 3 is 1.29 bits per heavy atom. The number of Topliss-reactive ketones (excluding diaryl/α,β-unsaturated/α-hetero) is 2. The molecule has 0 bridgehead atoms. The van der Waals surface area contributed by atoms with Crippen LogP contribution in [0.2, 0.25) is 0 Å². The Morgan fingerprint density at radius 1 is 0.677 bits per heavy atom. The van der Waals surface area contributed by atoms with Crippen molar-refractivity contribution < 1.29 is 19.1 Å². The molecule has 0 aliphatic heterocycles. The van der Waals surface area contributed by atoms with Crippen molar-refractivity contribution in [2.45, 2.75) is 73.4 Å². The molecule has 0 radical (unpaired) electrons. The third kappa shape index (κ3) is 6.84. The van der Waals surface area contributed by atoms with Crippen molar-refractivity contribution in [3.8, 4) is 0 Å². The van der Waals surface area contributed by atoms with E-state index in [0.717, 1.165) is 11.1 Å². The second kappa shape index (κ2) is 10.8. The summed E-state index contributed by atoms with van der Waals surface area (Å²) >= 11 is 0. The summed E-state index contributed by atoms with van der Waals surface area (Å²) in [6.45, 7) is 11.6. The number of ether oxygens (including phenoxy) is 2. The lowest BCUT2D eigenvalue weighted by molar-refractivity contribution is -0.148. The summed E-state index contributed by atoms with van der Waals surface area (Å²) in [5.74, 6) is 0.0982.